The van der Waals surface area contributed by atoms with Gasteiger partial charge in [0, 0.05) is 6.04 Å². The van der Waals surface area contributed by atoms with Crippen molar-refractivity contribution in [2.45, 2.75) is 65.2 Å². The van der Waals surface area contributed by atoms with Gasteiger partial charge in [0.05, 0.1) is 12.2 Å². The molecule has 0 aromatic carbocycles. The van der Waals surface area contributed by atoms with Gasteiger partial charge in [-0.05, 0) is 31.1 Å². The summed E-state index contributed by atoms with van der Waals surface area (Å²) in [5, 5.41) is 3.48. The van der Waals surface area contributed by atoms with Crippen LogP contribution < -0.4 is 5.32 Å². The monoisotopic (exact) mass is 224 g/mol. The molecule has 2 atom stereocenters. The van der Waals surface area contributed by atoms with Crippen LogP contribution in [0, 0.1) is 11.8 Å². The van der Waals surface area contributed by atoms with Gasteiger partial charge in [0.2, 0.25) is 5.91 Å². The van der Waals surface area contributed by atoms with Gasteiger partial charge in [-0.2, -0.15) is 0 Å². The van der Waals surface area contributed by atoms with Crippen molar-refractivity contribution in [3.05, 3.63) is 0 Å². The van der Waals surface area contributed by atoms with Crippen LogP contribution in [-0.2, 0) is 4.79 Å². The van der Waals surface area contributed by atoms with Crippen LogP contribution in [0.4, 0.5) is 0 Å². The van der Waals surface area contributed by atoms with E-state index < -0.39 is 0 Å². The molecule has 0 aromatic rings. The van der Waals surface area contributed by atoms with E-state index in [1.54, 1.807) is 0 Å². The van der Waals surface area contributed by atoms with E-state index in [-0.39, 0.29) is 12.2 Å². The van der Waals surface area contributed by atoms with Gasteiger partial charge in [-0.1, -0.05) is 27.7 Å². The highest BCUT2D eigenvalue weighted by molar-refractivity contribution is 5.84. The SMILES string of the molecule is CCC1NC(C(C)C)N(C2CC(C)C2)C1=O. The van der Waals surface area contributed by atoms with Crippen molar-refractivity contribution >= 4 is 5.91 Å². The van der Waals surface area contributed by atoms with Crippen LogP contribution >= 0.6 is 0 Å². The Morgan fingerprint density at radius 1 is 1.44 bits per heavy atom. The number of carbonyl (C=O) groups excluding carboxylic acids is 1. The highest BCUT2D eigenvalue weighted by Gasteiger charge is 2.45. The van der Waals surface area contributed by atoms with Crippen LogP contribution in [0.2, 0.25) is 0 Å². The molecule has 0 radical (unpaired) electrons. The van der Waals surface area contributed by atoms with E-state index in [4.69, 9.17) is 0 Å². The summed E-state index contributed by atoms with van der Waals surface area (Å²) in [6.07, 6.45) is 3.54. The lowest BCUT2D eigenvalue weighted by Crippen LogP contribution is -2.52. The first-order valence-electron chi connectivity index (χ1n) is 6.62. The maximum atomic E-state index is 12.3. The number of nitrogens with one attached hydrogen (secondary N) is 1. The first-order valence-corrected chi connectivity index (χ1v) is 6.62. The van der Waals surface area contributed by atoms with Crippen molar-refractivity contribution in [1.82, 2.24) is 10.2 Å². The summed E-state index contributed by atoms with van der Waals surface area (Å²) >= 11 is 0. The number of nitrogens with zero attached hydrogens (tertiary/aromatic N) is 1. The lowest BCUT2D eigenvalue weighted by molar-refractivity contribution is -0.135. The Morgan fingerprint density at radius 3 is 2.50 bits per heavy atom. The van der Waals surface area contributed by atoms with Gasteiger partial charge in [-0.15, -0.1) is 0 Å². The second-order valence-electron chi connectivity index (χ2n) is 5.79. The Hall–Kier alpha value is -0.570. The summed E-state index contributed by atoms with van der Waals surface area (Å²) in [7, 11) is 0. The molecule has 2 fully saturated rings. The molecule has 0 bridgehead atoms. The number of amides is 1. The molecule has 2 rings (SSSR count). The summed E-state index contributed by atoms with van der Waals surface area (Å²) in [5.41, 5.74) is 0. The number of carbonyl (C=O) groups is 1. The Bertz CT molecular complexity index is 271. The van der Waals surface area contributed by atoms with Crippen molar-refractivity contribution in [3.63, 3.8) is 0 Å². The van der Waals surface area contributed by atoms with Crippen LogP contribution in [-0.4, -0.2) is 29.1 Å². The van der Waals surface area contributed by atoms with Crippen LogP contribution in [0.3, 0.4) is 0 Å². The normalized spacial score (nSPS) is 39.3. The first kappa shape index (κ1) is 11.9. The molecular formula is C13H24N2O. The minimum Gasteiger partial charge on any atom is -0.323 e. The smallest absolute Gasteiger partial charge is 0.241 e. The molecule has 1 aliphatic carbocycles. The Kier molecular flexibility index (Phi) is 3.24. The molecule has 92 valence electrons. The van der Waals surface area contributed by atoms with Crippen molar-refractivity contribution in [1.29, 1.82) is 0 Å². The first-order chi connectivity index (χ1) is 7.54. The van der Waals surface area contributed by atoms with E-state index in [9.17, 15) is 4.79 Å². The van der Waals surface area contributed by atoms with Crippen molar-refractivity contribution in [2.24, 2.45) is 11.8 Å². The standard InChI is InChI=1S/C13H24N2O/c1-5-11-13(16)15(10-6-9(4)7-10)12(14-11)8(2)3/h8-12,14H,5-7H2,1-4H3. The molecule has 1 saturated carbocycles. The molecule has 2 aliphatic rings. The predicted molar refractivity (Wildman–Crippen MR) is 64.9 cm³/mol. The lowest BCUT2D eigenvalue weighted by atomic mass is 9.80. The molecule has 0 aromatic heterocycles. The summed E-state index contributed by atoms with van der Waals surface area (Å²) in [6, 6.07) is 0.558. The lowest BCUT2D eigenvalue weighted by Gasteiger charge is -2.43. The fourth-order valence-electron chi connectivity index (χ4n) is 2.97. The number of hydrogen-bond acceptors (Lipinski definition) is 2. The third-order valence-corrected chi connectivity index (χ3v) is 4.01. The van der Waals surface area contributed by atoms with Crippen molar-refractivity contribution in [3.8, 4) is 0 Å². The number of rotatable bonds is 3. The summed E-state index contributed by atoms with van der Waals surface area (Å²) < 4.78 is 0. The zero-order valence-corrected chi connectivity index (χ0v) is 10.9. The Labute approximate surface area is 98.6 Å². The second-order valence-corrected chi connectivity index (χ2v) is 5.79. The second kappa shape index (κ2) is 4.36. The van der Waals surface area contributed by atoms with E-state index >= 15 is 0 Å². The average molecular weight is 224 g/mol. The molecule has 16 heavy (non-hydrogen) atoms. The third kappa shape index (κ3) is 1.86. The minimum absolute atomic E-state index is 0.0586. The molecule has 3 heteroatoms. The third-order valence-electron chi connectivity index (χ3n) is 4.01. The topological polar surface area (TPSA) is 32.3 Å². The van der Waals surface area contributed by atoms with E-state index in [0.29, 0.717) is 17.9 Å². The fourth-order valence-corrected chi connectivity index (χ4v) is 2.97. The zero-order chi connectivity index (χ0) is 11.9. The maximum Gasteiger partial charge on any atom is 0.241 e. The van der Waals surface area contributed by atoms with Gasteiger partial charge >= 0.3 is 0 Å². The van der Waals surface area contributed by atoms with E-state index in [1.807, 2.05) is 0 Å². The summed E-state index contributed by atoms with van der Waals surface area (Å²) in [6.45, 7) is 8.74. The summed E-state index contributed by atoms with van der Waals surface area (Å²) in [4.78, 5) is 14.4. The molecule has 3 nitrogen and oxygen atoms in total. The quantitative estimate of drug-likeness (QED) is 0.795. The van der Waals surface area contributed by atoms with Crippen LogP contribution in [0.1, 0.15) is 47.0 Å². The summed E-state index contributed by atoms with van der Waals surface area (Å²) in [5.74, 6) is 1.63. The van der Waals surface area contributed by atoms with Gasteiger partial charge in [0.1, 0.15) is 0 Å². The van der Waals surface area contributed by atoms with Gasteiger partial charge in [-0.25, -0.2) is 0 Å². The van der Waals surface area contributed by atoms with Crippen LogP contribution in [0.25, 0.3) is 0 Å². The fraction of sp³-hybridized carbons (Fsp3) is 0.923. The van der Waals surface area contributed by atoms with Crippen LogP contribution in [0.5, 0.6) is 0 Å². The zero-order valence-electron chi connectivity index (χ0n) is 10.9. The van der Waals surface area contributed by atoms with Gasteiger partial charge in [-0.3, -0.25) is 10.1 Å². The minimum atomic E-state index is 0.0586. The average Bonchev–Trinajstić information content (AvgIpc) is 2.51. The van der Waals surface area contributed by atoms with Crippen molar-refractivity contribution in [2.75, 3.05) is 0 Å². The largest absolute Gasteiger partial charge is 0.323 e. The van der Waals surface area contributed by atoms with Gasteiger partial charge in [0.15, 0.2) is 0 Å². The number of hydrogen-bond donors (Lipinski definition) is 1. The molecular weight excluding hydrogens is 200 g/mol. The van der Waals surface area contributed by atoms with Crippen molar-refractivity contribution < 1.29 is 4.79 Å². The molecule has 1 heterocycles. The molecule has 1 amide bonds. The van der Waals surface area contributed by atoms with Crippen LogP contribution in [0.15, 0.2) is 0 Å². The maximum absolute atomic E-state index is 12.3. The van der Waals surface area contributed by atoms with E-state index in [2.05, 4.69) is 37.9 Å². The Morgan fingerprint density at radius 2 is 2.06 bits per heavy atom. The molecule has 1 aliphatic heterocycles. The van der Waals surface area contributed by atoms with Gasteiger partial charge in [0.25, 0.3) is 0 Å². The highest BCUT2D eigenvalue weighted by Crippen LogP contribution is 2.35. The molecule has 2 unspecified atom stereocenters. The predicted octanol–water partition coefficient (Wildman–Crippen LogP) is 1.98. The Balaban J connectivity index is 2.09. The van der Waals surface area contributed by atoms with E-state index in [1.165, 1.54) is 12.8 Å². The van der Waals surface area contributed by atoms with Gasteiger partial charge < -0.3 is 4.90 Å². The molecule has 1 N–H and O–H groups in total. The highest BCUT2D eigenvalue weighted by atomic mass is 16.2. The molecule has 0 spiro atoms. The molecule has 1 saturated heterocycles. The van der Waals surface area contributed by atoms with E-state index in [0.717, 1.165) is 12.3 Å².